The van der Waals surface area contributed by atoms with Crippen LogP contribution in [0.25, 0.3) is 10.2 Å². The van der Waals surface area contributed by atoms with Gasteiger partial charge in [0.25, 0.3) is 5.56 Å². The summed E-state index contributed by atoms with van der Waals surface area (Å²) in [7, 11) is 0. The number of hydrogen-bond donors (Lipinski definition) is 1. The molecular weight excluding hydrogens is 330 g/mol. The van der Waals surface area contributed by atoms with Crippen molar-refractivity contribution in [2.24, 2.45) is 0 Å². The summed E-state index contributed by atoms with van der Waals surface area (Å²) in [5, 5.41) is 0.796. The molecule has 0 bridgehead atoms. The van der Waals surface area contributed by atoms with E-state index in [1.54, 1.807) is 11.3 Å². The number of fused-ring (bicyclic) bond motifs is 3. The quantitative estimate of drug-likeness (QED) is 0.920. The second kappa shape index (κ2) is 6.28. The summed E-state index contributed by atoms with van der Waals surface area (Å²) >= 11 is 3.19. The van der Waals surface area contributed by atoms with Crippen LogP contribution in [0.3, 0.4) is 0 Å². The lowest BCUT2D eigenvalue weighted by Crippen LogP contribution is -2.29. The molecule has 0 aromatic carbocycles. The van der Waals surface area contributed by atoms with E-state index in [1.807, 2.05) is 4.90 Å². The van der Waals surface area contributed by atoms with Crippen molar-refractivity contribution in [2.75, 3.05) is 18.8 Å². The highest BCUT2D eigenvalue weighted by Gasteiger charge is 2.21. The number of thiophene rings is 1. The first-order valence-electron chi connectivity index (χ1n) is 8.11. The van der Waals surface area contributed by atoms with E-state index < -0.39 is 0 Å². The summed E-state index contributed by atoms with van der Waals surface area (Å²) < 4.78 is 0. The lowest BCUT2D eigenvalue weighted by atomic mass is 10.2. The number of carbonyl (C=O) groups excluding carboxylic acids is 1. The van der Waals surface area contributed by atoms with Crippen molar-refractivity contribution in [3.05, 3.63) is 26.6 Å². The number of aryl methyl sites for hydroxylation is 2. The van der Waals surface area contributed by atoms with E-state index in [0.717, 1.165) is 55.4 Å². The Labute approximate surface area is 142 Å². The SMILES string of the molecule is O=C(CSCc1nc2sc3c(c2c(=O)[nH]1)CCC3)N1CCCC1. The molecule has 2 aromatic heterocycles. The molecule has 1 aliphatic carbocycles. The van der Waals surface area contributed by atoms with E-state index in [1.165, 1.54) is 22.2 Å². The normalized spacial score (nSPS) is 17.1. The summed E-state index contributed by atoms with van der Waals surface area (Å²) in [6.45, 7) is 1.78. The molecule has 0 spiro atoms. The predicted molar refractivity (Wildman–Crippen MR) is 94.2 cm³/mol. The van der Waals surface area contributed by atoms with Gasteiger partial charge in [-0.05, 0) is 37.7 Å². The van der Waals surface area contributed by atoms with Crippen LogP contribution < -0.4 is 5.56 Å². The molecule has 3 heterocycles. The van der Waals surface area contributed by atoms with Crippen LogP contribution in [0.2, 0.25) is 0 Å². The average Bonchev–Trinajstić information content (AvgIpc) is 3.23. The fourth-order valence-electron chi connectivity index (χ4n) is 3.41. The number of aromatic amines is 1. The third kappa shape index (κ3) is 2.92. The molecule has 0 unspecified atom stereocenters. The van der Waals surface area contributed by atoms with E-state index in [9.17, 15) is 9.59 Å². The Morgan fingerprint density at radius 1 is 1.26 bits per heavy atom. The van der Waals surface area contributed by atoms with Crippen LogP contribution in [0, 0.1) is 0 Å². The lowest BCUT2D eigenvalue weighted by Gasteiger charge is -2.14. The molecule has 4 rings (SSSR count). The number of aromatic nitrogens is 2. The van der Waals surface area contributed by atoms with Crippen molar-refractivity contribution in [3.63, 3.8) is 0 Å². The van der Waals surface area contributed by atoms with Gasteiger partial charge in [0.2, 0.25) is 5.91 Å². The molecule has 2 aliphatic rings. The van der Waals surface area contributed by atoms with Crippen molar-refractivity contribution in [1.29, 1.82) is 0 Å². The van der Waals surface area contributed by atoms with Gasteiger partial charge in [-0.1, -0.05) is 0 Å². The number of carbonyl (C=O) groups is 1. The number of hydrogen-bond acceptors (Lipinski definition) is 5. The molecule has 122 valence electrons. The molecule has 0 radical (unpaired) electrons. The zero-order valence-electron chi connectivity index (χ0n) is 12.9. The van der Waals surface area contributed by atoms with Crippen LogP contribution >= 0.6 is 23.1 Å². The van der Waals surface area contributed by atoms with Crippen molar-refractivity contribution in [3.8, 4) is 0 Å². The summed E-state index contributed by atoms with van der Waals surface area (Å²) in [5.74, 6) is 1.92. The monoisotopic (exact) mass is 349 g/mol. The lowest BCUT2D eigenvalue weighted by molar-refractivity contribution is -0.127. The summed E-state index contributed by atoms with van der Waals surface area (Å²) in [4.78, 5) is 36.0. The highest BCUT2D eigenvalue weighted by molar-refractivity contribution is 7.99. The molecule has 2 aromatic rings. The van der Waals surface area contributed by atoms with Crippen LogP contribution in [-0.4, -0.2) is 39.6 Å². The van der Waals surface area contributed by atoms with Crippen LogP contribution in [0.1, 0.15) is 35.5 Å². The van der Waals surface area contributed by atoms with Gasteiger partial charge in [0.1, 0.15) is 10.7 Å². The first kappa shape index (κ1) is 15.2. The standard InChI is InChI=1S/C16H19N3O2S2/c20-13(19-6-1-2-7-19)9-22-8-12-17-15(21)14-10-4-3-5-11(10)23-16(14)18-12/h1-9H2,(H,17,18,21). The molecule has 7 heteroatoms. The van der Waals surface area contributed by atoms with Crippen LogP contribution in [0.15, 0.2) is 4.79 Å². The minimum Gasteiger partial charge on any atom is -0.342 e. The molecule has 1 amide bonds. The smallest absolute Gasteiger partial charge is 0.259 e. The van der Waals surface area contributed by atoms with Crippen molar-refractivity contribution in [1.82, 2.24) is 14.9 Å². The summed E-state index contributed by atoms with van der Waals surface area (Å²) in [6.07, 6.45) is 5.45. The van der Waals surface area contributed by atoms with Crippen LogP contribution in [-0.2, 0) is 23.4 Å². The highest BCUT2D eigenvalue weighted by Crippen LogP contribution is 2.34. The van der Waals surface area contributed by atoms with Gasteiger partial charge in [-0.3, -0.25) is 9.59 Å². The van der Waals surface area contributed by atoms with Gasteiger partial charge in [-0.25, -0.2) is 4.98 Å². The molecule has 1 fully saturated rings. The minimum atomic E-state index is -0.0177. The molecule has 1 aliphatic heterocycles. The van der Waals surface area contributed by atoms with E-state index in [2.05, 4.69) is 9.97 Å². The average molecular weight is 349 g/mol. The van der Waals surface area contributed by atoms with Crippen molar-refractivity contribution >= 4 is 39.2 Å². The Hall–Kier alpha value is -1.34. The number of likely N-dealkylation sites (tertiary alicyclic amines) is 1. The maximum Gasteiger partial charge on any atom is 0.259 e. The summed E-state index contributed by atoms with van der Waals surface area (Å²) in [5.41, 5.74) is 1.19. The van der Waals surface area contributed by atoms with E-state index in [-0.39, 0.29) is 11.5 Å². The van der Waals surface area contributed by atoms with Gasteiger partial charge in [-0.2, -0.15) is 0 Å². The van der Waals surface area contributed by atoms with E-state index >= 15 is 0 Å². The highest BCUT2D eigenvalue weighted by atomic mass is 32.2. The van der Waals surface area contributed by atoms with Crippen LogP contribution in [0.5, 0.6) is 0 Å². The zero-order valence-corrected chi connectivity index (χ0v) is 14.5. The number of nitrogens with zero attached hydrogens (tertiary/aromatic N) is 2. The molecule has 0 atom stereocenters. The molecule has 0 saturated carbocycles. The molecule has 5 nitrogen and oxygen atoms in total. The molecule has 1 N–H and O–H groups in total. The van der Waals surface area contributed by atoms with Gasteiger partial charge in [-0.15, -0.1) is 23.1 Å². The van der Waals surface area contributed by atoms with Crippen LogP contribution in [0.4, 0.5) is 0 Å². The number of rotatable bonds is 4. The van der Waals surface area contributed by atoms with Gasteiger partial charge >= 0.3 is 0 Å². The third-order valence-electron chi connectivity index (χ3n) is 4.55. The maximum atomic E-state index is 12.4. The predicted octanol–water partition coefficient (Wildman–Crippen LogP) is 2.33. The Kier molecular flexibility index (Phi) is 4.15. The fourth-order valence-corrected chi connectivity index (χ4v) is 5.48. The van der Waals surface area contributed by atoms with E-state index in [4.69, 9.17) is 0 Å². The zero-order chi connectivity index (χ0) is 15.8. The minimum absolute atomic E-state index is 0.0177. The Morgan fingerprint density at radius 2 is 2.09 bits per heavy atom. The largest absolute Gasteiger partial charge is 0.342 e. The number of amides is 1. The van der Waals surface area contributed by atoms with Gasteiger partial charge in [0.05, 0.1) is 16.9 Å². The second-order valence-electron chi connectivity index (χ2n) is 6.13. The molecule has 1 saturated heterocycles. The van der Waals surface area contributed by atoms with Gasteiger partial charge in [0.15, 0.2) is 0 Å². The van der Waals surface area contributed by atoms with Gasteiger partial charge < -0.3 is 9.88 Å². The topological polar surface area (TPSA) is 66.1 Å². The first-order chi connectivity index (χ1) is 11.2. The van der Waals surface area contributed by atoms with E-state index in [0.29, 0.717) is 17.3 Å². The number of thioether (sulfide) groups is 1. The number of nitrogens with one attached hydrogen (secondary N) is 1. The second-order valence-corrected chi connectivity index (χ2v) is 8.20. The third-order valence-corrected chi connectivity index (χ3v) is 6.66. The maximum absolute atomic E-state index is 12.4. The Balaban J connectivity index is 1.45. The Morgan fingerprint density at radius 3 is 2.91 bits per heavy atom. The number of H-pyrrole nitrogens is 1. The summed E-state index contributed by atoms with van der Waals surface area (Å²) in [6, 6.07) is 0. The molecular formula is C16H19N3O2S2. The first-order valence-corrected chi connectivity index (χ1v) is 10.1. The van der Waals surface area contributed by atoms with Crippen molar-refractivity contribution < 1.29 is 4.79 Å². The molecule has 23 heavy (non-hydrogen) atoms. The van der Waals surface area contributed by atoms with Gasteiger partial charge in [0, 0.05) is 18.0 Å². The Bertz CT molecular complexity index is 805. The fraction of sp³-hybridized carbons (Fsp3) is 0.562. The van der Waals surface area contributed by atoms with Crippen molar-refractivity contribution in [2.45, 2.75) is 37.9 Å².